The van der Waals surface area contributed by atoms with Gasteiger partial charge in [0.1, 0.15) is 5.75 Å². The van der Waals surface area contributed by atoms with Crippen molar-refractivity contribution >= 4 is 0 Å². The van der Waals surface area contributed by atoms with Gasteiger partial charge in [0, 0.05) is 12.6 Å². The molecule has 0 aromatic heterocycles. The maximum absolute atomic E-state index is 9.43. The van der Waals surface area contributed by atoms with Crippen molar-refractivity contribution in [1.82, 2.24) is 5.32 Å². The molecule has 100 valence electrons. The summed E-state index contributed by atoms with van der Waals surface area (Å²) in [6.07, 6.45) is 1.07. The first kappa shape index (κ1) is 13.6. The monoisotopic (exact) mass is 255 g/mol. The van der Waals surface area contributed by atoms with E-state index >= 15 is 0 Å². The molecule has 0 spiro atoms. The summed E-state index contributed by atoms with van der Waals surface area (Å²) in [7, 11) is 0. The van der Waals surface area contributed by atoms with Crippen LogP contribution in [0.2, 0.25) is 0 Å². The number of phenols is 1. The summed E-state index contributed by atoms with van der Waals surface area (Å²) in [5, 5.41) is 12.9. The van der Waals surface area contributed by atoms with Crippen LogP contribution >= 0.6 is 0 Å². The molecule has 0 saturated heterocycles. The molecule has 0 aliphatic carbocycles. The minimum atomic E-state index is 0.299. The minimum absolute atomic E-state index is 0.299. The molecule has 2 heteroatoms. The molecule has 2 aromatic rings. The highest BCUT2D eigenvalue weighted by Crippen LogP contribution is 2.16. The molecular formula is C17H21NO. The Balaban J connectivity index is 1.95. The standard InChI is InChI=1S/C17H21NO/c1-3-14-7-9-16(10-8-14)13(2)18-12-15-5-4-6-17(19)11-15/h4-11,13,18-19H,3,12H2,1-2H3. The number of benzene rings is 2. The third kappa shape index (κ3) is 3.83. The Morgan fingerprint density at radius 1 is 1.05 bits per heavy atom. The van der Waals surface area contributed by atoms with Crippen molar-refractivity contribution < 1.29 is 5.11 Å². The number of rotatable bonds is 5. The maximum atomic E-state index is 9.43. The number of hydrogen-bond acceptors (Lipinski definition) is 2. The molecule has 2 rings (SSSR count). The van der Waals surface area contributed by atoms with Gasteiger partial charge in [-0.3, -0.25) is 0 Å². The molecule has 2 nitrogen and oxygen atoms in total. The quantitative estimate of drug-likeness (QED) is 0.851. The molecule has 1 unspecified atom stereocenters. The van der Waals surface area contributed by atoms with E-state index in [1.165, 1.54) is 11.1 Å². The first-order chi connectivity index (χ1) is 9.19. The zero-order valence-corrected chi connectivity index (χ0v) is 11.6. The van der Waals surface area contributed by atoms with Crippen molar-refractivity contribution in [3.63, 3.8) is 0 Å². The van der Waals surface area contributed by atoms with Crippen LogP contribution in [0.1, 0.15) is 36.6 Å². The predicted molar refractivity (Wildman–Crippen MR) is 79.2 cm³/mol. The minimum Gasteiger partial charge on any atom is -0.508 e. The lowest BCUT2D eigenvalue weighted by Crippen LogP contribution is -2.17. The van der Waals surface area contributed by atoms with E-state index in [1.807, 2.05) is 12.1 Å². The van der Waals surface area contributed by atoms with Crippen molar-refractivity contribution in [3.05, 3.63) is 65.2 Å². The highest BCUT2D eigenvalue weighted by molar-refractivity contribution is 5.28. The SMILES string of the molecule is CCc1ccc(C(C)NCc2cccc(O)c2)cc1. The summed E-state index contributed by atoms with van der Waals surface area (Å²) in [4.78, 5) is 0. The smallest absolute Gasteiger partial charge is 0.115 e. The normalized spacial score (nSPS) is 12.3. The van der Waals surface area contributed by atoms with Gasteiger partial charge in [0.05, 0.1) is 0 Å². The largest absolute Gasteiger partial charge is 0.508 e. The van der Waals surface area contributed by atoms with Crippen LogP contribution in [0.25, 0.3) is 0 Å². The highest BCUT2D eigenvalue weighted by Gasteiger charge is 2.04. The van der Waals surface area contributed by atoms with Crippen molar-refractivity contribution in [2.75, 3.05) is 0 Å². The van der Waals surface area contributed by atoms with Gasteiger partial charge in [0.15, 0.2) is 0 Å². The van der Waals surface area contributed by atoms with Gasteiger partial charge >= 0.3 is 0 Å². The lowest BCUT2D eigenvalue weighted by Gasteiger charge is -2.15. The van der Waals surface area contributed by atoms with Crippen LogP contribution in [0, 0.1) is 0 Å². The average Bonchev–Trinajstić information content (AvgIpc) is 2.45. The van der Waals surface area contributed by atoms with Crippen LogP contribution in [-0.2, 0) is 13.0 Å². The Labute approximate surface area is 115 Å². The summed E-state index contributed by atoms with van der Waals surface area (Å²) in [6, 6.07) is 16.4. The molecule has 1 atom stereocenters. The second-order valence-electron chi connectivity index (χ2n) is 4.87. The van der Waals surface area contributed by atoms with E-state index in [2.05, 4.69) is 43.4 Å². The van der Waals surface area contributed by atoms with Crippen molar-refractivity contribution in [2.45, 2.75) is 32.9 Å². The van der Waals surface area contributed by atoms with Crippen LogP contribution in [0.15, 0.2) is 48.5 Å². The third-order valence-corrected chi connectivity index (χ3v) is 3.41. The topological polar surface area (TPSA) is 32.3 Å². The fourth-order valence-electron chi connectivity index (χ4n) is 2.10. The van der Waals surface area contributed by atoms with Gasteiger partial charge < -0.3 is 10.4 Å². The summed E-state index contributed by atoms with van der Waals surface area (Å²) in [5.74, 6) is 0.319. The zero-order chi connectivity index (χ0) is 13.7. The molecule has 0 aliphatic heterocycles. The van der Waals surface area contributed by atoms with Crippen LogP contribution in [0.4, 0.5) is 0 Å². The Morgan fingerprint density at radius 3 is 2.42 bits per heavy atom. The lowest BCUT2D eigenvalue weighted by molar-refractivity contribution is 0.473. The van der Waals surface area contributed by atoms with E-state index in [1.54, 1.807) is 12.1 Å². The van der Waals surface area contributed by atoms with E-state index in [9.17, 15) is 5.11 Å². The molecule has 0 fully saturated rings. The van der Waals surface area contributed by atoms with Crippen LogP contribution < -0.4 is 5.32 Å². The van der Waals surface area contributed by atoms with Gasteiger partial charge in [-0.1, -0.05) is 43.3 Å². The van der Waals surface area contributed by atoms with Crippen LogP contribution in [0.5, 0.6) is 5.75 Å². The summed E-state index contributed by atoms with van der Waals surface area (Å²) in [6.45, 7) is 5.08. The fourth-order valence-corrected chi connectivity index (χ4v) is 2.10. The molecule has 0 amide bonds. The molecule has 0 aliphatic rings. The second kappa shape index (κ2) is 6.39. The number of phenolic OH excluding ortho intramolecular Hbond substituents is 1. The van der Waals surface area contributed by atoms with Gasteiger partial charge in [-0.15, -0.1) is 0 Å². The maximum Gasteiger partial charge on any atom is 0.115 e. The number of hydrogen-bond donors (Lipinski definition) is 2. The van der Waals surface area contributed by atoms with Crippen molar-refractivity contribution in [2.24, 2.45) is 0 Å². The fraction of sp³-hybridized carbons (Fsp3) is 0.294. The molecule has 0 bridgehead atoms. The Morgan fingerprint density at radius 2 is 1.79 bits per heavy atom. The van der Waals surface area contributed by atoms with E-state index < -0.39 is 0 Å². The summed E-state index contributed by atoms with van der Waals surface area (Å²) >= 11 is 0. The van der Waals surface area contributed by atoms with Crippen LogP contribution in [-0.4, -0.2) is 5.11 Å². The van der Waals surface area contributed by atoms with E-state index in [0.29, 0.717) is 11.8 Å². The third-order valence-electron chi connectivity index (χ3n) is 3.41. The Bertz CT molecular complexity index is 519. The first-order valence-corrected chi connectivity index (χ1v) is 6.79. The Kier molecular flexibility index (Phi) is 4.58. The predicted octanol–water partition coefficient (Wildman–Crippen LogP) is 3.81. The number of nitrogens with one attached hydrogen (secondary N) is 1. The first-order valence-electron chi connectivity index (χ1n) is 6.79. The lowest BCUT2D eigenvalue weighted by atomic mass is 10.0. The van der Waals surface area contributed by atoms with Gasteiger partial charge in [0.25, 0.3) is 0 Å². The van der Waals surface area contributed by atoms with Crippen molar-refractivity contribution in [3.8, 4) is 5.75 Å². The van der Waals surface area contributed by atoms with Gasteiger partial charge in [-0.2, -0.15) is 0 Å². The number of aryl methyl sites for hydroxylation is 1. The number of aromatic hydroxyl groups is 1. The molecular weight excluding hydrogens is 234 g/mol. The highest BCUT2D eigenvalue weighted by atomic mass is 16.3. The average molecular weight is 255 g/mol. The summed E-state index contributed by atoms with van der Waals surface area (Å²) < 4.78 is 0. The van der Waals surface area contributed by atoms with Crippen LogP contribution in [0.3, 0.4) is 0 Å². The van der Waals surface area contributed by atoms with E-state index in [0.717, 1.165) is 18.5 Å². The van der Waals surface area contributed by atoms with Gasteiger partial charge in [0.2, 0.25) is 0 Å². The Hall–Kier alpha value is -1.80. The molecule has 19 heavy (non-hydrogen) atoms. The molecule has 0 radical (unpaired) electrons. The van der Waals surface area contributed by atoms with E-state index in [4.69, 9.17) is 0 Å². The second-order valence-corrected chi connectivity index (χ2v) is 4.87. The summed E-state index contributed by atoms with van der Waals surface area (Å²) in [5.41, 5.74) is 3.75. The van der Waals surface area contributed by atoms with Gasteiger partial charge in [-0.25, -0.2) is 0 Å². The molecule has 0 heterocycles. The zero-order valence-electron chi connectivity index (χ0n) is 11.6. The van der Waals surface area contributed by atoms with Gasteiger partial charge in [-0.05, 0) is 42.2 Å². The van der Waals surface area contributed by atoms with E-state index in [-0.39, 0.29) is 0 Å². The molecule has 2 aromatic carbocycles. The molecule has 0 saturated carbocycles. The van der Waals surface area contributed by atoms with Crippen molar-refractivity contribution in [1.29, 1.82) is 0 Å². The molecule has 2 N–H and O–H groups in total.